The molecule has 11 nitrogen and oxygen atoms in total. The molecular formula is C29H30N8O3. The van der Waals surface area contributed by atoms with E-state index in [1.165, 1.54) is 11.7 Å². The van der Waals surface area contributed by atoms with Gasteiger partial charge >= 0.3 is 0 Å². The van der Waals surface area contributed by atoms with E-state index in [0.29, 0.717) is 44.1 Å². The van der Waals surface area contributed by atoms with E-state index >= 15 is 0 Å². The first-order valence-corrected chi connectivity index (χ1v) is 13.3. The van der Waals surface area contributed by atoms with Crippen LogP contribution in [-0.2, 0) is 18.3 Å². The zero-order chi connectivity index (χ0) is 27.6. The van der Waals surface area contributed by atoms with Crippen molar-refractivity contribution in [2.45, 2.75) is 25.5 Å². The average molecular weight is 539 g/mol. The molecule has 204 valence electrons. The SMILES string of the molecule is CC(=O)Nc1ccc2c(c1)CC(c1ccnc(C(=O)N3CCN(C(c4ccccc4)c4nnn(C)n4)CC3)c1)O2. The largest absolute Gasteiger partial charge is 0.485 e. The number of aromatic nitrogens is 5. The van der Waals surface area contributed by atoms with Crippen LogP contribution in [-0.4, -0.2) is 73.0 Å². The lowest BCUT2D eigenvalue weighted by molar-refractivity contribution is -0.114. The molecule has 2 aromatic carbocycles. The van der Waals surface area contributed by atoms with Gasteiger partial charge in [0, 0.05) is 57.0 Å². The number of amides is 2. The molecule has 4 heterocycles. The van der Waals surface area contributed by atoms with Crippen LogP contribution in [0.25, 0.3) is 0 Å². The Labute approximate surface area is 231 Å². The van der Waals surface area contributed by atoms with Crippen LogP contribution in [0.4, 0.5) is 5.69 Å². The highest BCUT2D eigenvalue weighted by molar-refractivity contribution is 5.92. The quantitative estimate of drug-likeness (QED) is 0.398. The minimum atomic E-state index is -0.222. The van der Waals surface area contributed by atoms with Crippen molar-refractivity contribution in [2.24, 2.45) is 7.05 Å². The Bertz CT molecular complexity index is 1530. The van der Waals surface area contributed by atoms with Gasteiger partial charge in [0.1, 0.15) is 17.5 Å². The molecule has 1 N–H and O–H groups in total. The highest BCUT2D eigenvalue weighted by Crippen LogP contribution is 2.38. The first-order chi connectivity index (χ1) is 19.4. The molecule has 40 heavy (non-hydrogen) atoms. The van der Waals surface area contributed by atoms with Gasteiger partial charge in [0.2, 0.25) is 5.91 Å². The number of tetrazole rings is 1. The number of pyridine rings is 1. The van der Waals surface area contributed by atoms with Gasteiger partial charge in [-0.05, 0) is 46.7 Å². The summed E-state index contributed by atoms with van der Waals surface area (Å²) in [5.74, 6) is 1.21. The fourth-order valence-corrected chi connectivity index (χ4v) is 5.39. The lowest BCUT2D eigenvalue weighted by Crippen LogP contribution is -2.50. The predicted molar refractivity (Wildman–Crippen MR) is 147 cm³/mol. The normalized spacial score (nSPS) is 17.6. The Morgan fingerprint density at radius 2 is 1.82 bits per heavy atom. The summed E-state index contributed by atoms with van der Waals surface area (Å²) in [6, 6.07) is 19.3. The highest BCUT2D eigenvalue weighted by Gasteiger charge is 2.32. The van der Waals surface area contributed by atoms with Crippen molar-refractivity contribution >= 4 is 17.5 Å². The number of aryl methyl sites for hydroxylation is 1. The van der Waals surface area contributed by atoms with Crippen LogP contribution in [0.3, 0.4) is 0 Å². The second-order valence-corrected chi connectivity index (χ2v) is 10.1. The maximum atomic E-state index is 13.5. The van der Waals surface area contributed by atoms with Gasteiger partial charge in [-0.3, -0.25) is 19.5 Å². The van der Waals surface area contributed by atoms with Crippen LogP contribution in [0, 0.1) is 0 Å². The van der Waals surface area contributed by atoms with Gasteiger partial charge in [-0.15, -0.1) is 10.2 Å². The molecule has 1 saturated heterocycles. The molecule has 4 aromatic rings. The van der Waals surface area contributed by atoms with Crippen molar-refractivity contribution < 1.29 is 14.3 Å². The Kier molecular flexibility index (Phi) is 6.95. The predicted octanol–water partition coefficient (Wildman–Crippen LogP) is 2.79. The first kappa shape index (κ1) is 25.6. The Hall–Kier alpha value is -4.64. The third-order valence-corrected chi connectivity index (χ3v) is 7.28. The van der Waals surface area contributed by atoms with Crippen molar-refractivity contribution in [2.75, 3.05) is 31.5 Å². The van der Waals surface area contributed by atoms with Crippen molar-refractivity contribution in [3.63, 3.8) is 0 Å². The number of rotatable bonds is 6. The molecule has 1 fully saturated rings. The third-order valence-electron chi connectivity index (χ3n) is 7.28. The number of piperazine rings is 1. The lowest BCUT2D eigenvalue weighted by atomic mass is 10.0. The number of benzene rings is 2. The Morgan fingerprint density at radius 3 is 2.55 bits per heavy atom. The number of hydrogen-bond acceptors (Lipinski definition) is 8. The topological polar surface area (TPSA) is 118 Å². The van der Waals surface area contributed by atoms with Crippen LogP contribution in [0.5, 0.6) is 5.75 Å². The second kappa shape index (κ2) is 10.9. The molecule has 11 heteroatoms. The molecule has 0 aliphatic carbocycles. The smallest absolute Gasteiger partial charge is 0.272 e. The number of anilines is 1. The minimum Gasteiger partial charge on any atom is -0.485 e. The molecule has 6 rings (SSSR count). The van der Waals surface area contributed by atoms with Gasteiger partial charge in [0.25, 0.3) is 5.91 Å². The molecular weight excluding hydrogens is 508 g/mol. The first-order valence-electron chi connectivity index (χ1n) is 13.3. The molecule has 2 atom stereocenters. The van der Waals surface area contributed by atoms with Crippen LogP contribution in [0.1, 0.15) is 52.1 Å². The Balaban J connectivity index is 1.13. The summed E-state index contributed by atoms with van der Waals surface area (Å²) in [4.78, 5) is 34.9. The zero-order valence-corrected chi connectivity index (χ0v) is 22.4. The zero-order valence-electron chi connectivity index (χ0n) is 22.4. The average Bonchev–Trinajstić information content (AvgIpc) is 3.59. The number of nitrogens with one attached hydrogen (secondary N) is 1. The van der Waals surface area contributed by atoms with Gasteiger partial charge in [-0.2, -0.15) is 4.80 Å². The fourth-order valence-electron chi connectivity index (χ4n) is 5.39. The molecule has 2 aromatic heterocycles. The molecule has 2 amide bonds. The van der Waals surface area contributed by atoms with E-state index in [2.05, 4.69) is 42.7 Å². The summed E-state index contributed by atoms with van der Waals surface area (Å²) in [5, 5.41) is 15.6. The summed E-state index contributed by atoms with van der Waals surface area (Å²) in [6.07, 6.45) is 2.09. The van der Waals surface area contributed by atoms with E-state index in [-0.39, 0.29) is 24.0 Å². The number of hydrogen-bond donors (Lipinski definition) is 1. The van der Waals surface area contributed by atoms with E-state index in [4.69, 9.17) is 4.74 Å². The van der Waals surface area contributed by atoms with Gasteiger partial charge in [0.05, 0.1) is 13.1 Å². The van der Waals surface area contributed by atoms with Crippen LogP contribution >= 0.6 is 0 Å². The standard InChI is InChI=1S/C29H30N8O3/c1-19(38)31-23-8-9-25-22(16-23)18-26(40-25)21-10-11-30-24(17-21)29(39)37-14-12-36(13-15-37)27(20-6-4-3-5-7-20)28-32-34-35(2)33-28/h3-11,16-17,26-27H,12-15,18H2,1-2H3,(H,31,38). The van der Waals surface area contributed by atoms with Crippen molar-refractivity contribution in [1.29, 1.82) is 0 Å². The molecule has 2 aliphatic rings. The minimum absolute atomic E-state index is 0.0983. The van der Waals surface area contributed by atoms with Gasteiger partial charge in [-0.1, -0.05) is 30.3 Å². The molecule has 2 aliphatic heterocycles. The number of carbonyl (C=O) groups is 2. The molecule has 0 radical (unpaired) electrons. The van der Waals surface area contributed by atoms with Gasteiger partial charge in [-0.25, -0.2) is 0 Å². The maximum Gasteiger partial charge on any atom is 0.272 e. The van der Waals surface area contributed by atoms with E-state index in [1.807, 2.05) is 53.4 Å². The highest BCUT2D eigenvalue weighted by atomic mass is 16.5. The van der Waals surface area contributed by atoms with E-state index in [0.717, 1.165) is 28.1 Å². The number of carbonyl (C=O) groups excluding carboxylic acids is 2. The van der Waals surface area contributed by atoms with Crippen molar-refractivity contribution in [3.8, 4) is 5.75 Å². The summed E-state index contributed by atoms with van der Waals surface area (Å²) in [6.45, 7) is 3.94. The van der Waals surface area contributed by atoms with E-state index in [9.17, 15) is 9.59 Å². The third kappa shape index (κ3) is 5.28. The summed E-state index contributed by atoms with van der Waals surface area (Å²) >= 11 is 0. The maximum absolute atomic E-state index is 13.5. The lowest BCUT2D eigenvalue weighted by Gasteiger charge is -2.38. The molecule has 0 spiro atoms. The van der Waals surface area contributed by atoms with E-state index in [1.54, 1.807) is 13.2 Å². The van der Waals surface area contributed by atoms with E-state index < -0.39 is 0 Å². The van der Waals surface area contributed by atoms with Gasteiger partial charge < -0.3 is 15.0 Å². The van der Waals surface area contributed by atoms with Crippen LogP contribution in [0.2, 0.25) is 0 Å². The molecule has 0 bridgehead atoms. The van der Waals surface area contributed by atoms with Gasteiger partial charge in [0.15, 0.2) is 5.82 Å². The summed E-state index contributed by atoms with van der Waals surface area (Å²) in [7, 11) is 1.76. The molecule has 0 saturated carbocycles. The summed E-state index contributed by atoms with van der Waals surface area (Å²) < 4.78 is 6.17. The van der Waals surface area contributed by atoms with Crippen molar-refractivity contribution in [3.05, 3.63) is 95.1 Å². The monoisotopic (exact) mass is 538 g/mol. The number of fused-ring (bicyclic) bond motifs is 1. The molecule has 2 unspecified atom stereocenters. The van der Waals surface area contributed by atoms with Crippen LogP contribution < -0.4 is 10.1 Å². The number of ether oxygens (including phenoxy) is 1. The second-order valence-electron chi connectivity index (χ2n) is 10.1. The van der Waals surface area contributed by atoms with Crippen LogP contribution in [0.15, 0.2) is 66.9 Å². The fraction of sp³-hybridized carbons (Fsp3) is 0.310. The summed E-state index contributed by atoms with van der Waals surface area (Å²) in [5.41, 5.74) is 4.14. The van der Waals surface area contributed by atoms with Crippen molar-refractivity contribution in [1.82, 2.24) is 35.0 Å². The number of nitrogens with zero attached hydrogens (tertiary/aromatic N) is 7. The Morgan fingerprint density at radius 1 is 1.02 bits per heavy atom.